The van der Waals surface area contributed by atoms with Crippen LogP contribution in [0.25, 0.3) is 0 Å². The Balaban J connectivity index is 1.61. The maximum atomic E-state index is 12.5. The Morgan fingerprint density at radius 2 is 1.55 bits per heavy atom. The summed E-state index contributed by atoms with van der Waals surface area (Å²) in [7, 11) is 0. The van der Waals surface area contributed by atoms with Gasteiger partial charge < -0.3 is 10.6 Å². The summed E-state index contributed by atoms with van der Waals surface area (Å²) in [6, 6.07) is 20.8. The maximum Gasteiger partial charge on any atom is 0.255 e. The molecule has 1 atom stereocenters. The molecule has 31 heavy (non-hydrogen) atoms. The second kappa shape index (κ2) is 10.3. The van der Waals surface area contributed by atoms with Crippen molar-refractivity contribution in [3.05, 3.63) is 88.9 Å². The minimum atomic E-state index is -0.369. The number of carbonyl (C=O) groups excluding carboxylic acids is 3. The minimum Gasteiger partial charge on any atom is -0.325 e. The fourth-order valence-corrected chi connectivity index (χ4v) is 3.89. The van der Waals surface area contributed by atoms with Gasteiger partial charge in [-0.3, -0.25) is 14.4 Å². The van der Waals surface area contributed by atoms with Gasteiger partial charge in [-0.2, -0.15) is 0 Å². The van der Waals surface area contributed by atoms with E-state index in [1.54, 1.807) is 61.5 Å². The highest BCUT2D eigenvalue weighted by molar-refractivity contribution is 8.00. The molecule has 3 aromatic carbocycles. The molecule has 3 aromatic rings. The molecule has 0 fully saturated rings. The van der Waals surface area contributed by atoms with Crippen LogP contribution in [-0.4, -0.2) is 22.8 Å². The number of rotatable bonds is 7. The van der Waals surface area contributed by atoms with Gasteiger partial charge in [-0.25, -0.2) is 0 Å². The third-order valence-electron chi connectivity index (χ3n) is 4.42. The summed E-state index contributed by atoms with van der Waals surface area (Å²) < 4.78 is 0. The normalized spacial score (nSPS) is 11.5. The van der Waals surface area contributed by atoms with E-state index in [1.165, 1.54) is 18.7 Å². The first kappa shape index (κ1) is 22.6. The molecule has 0 bridgehead atoms. The highest BCUT2D eigenvalue weighted by Gasteiger charge is 2.15. The first-order valence-corrected chi connectivity index (χ1v) is 10.8. The van der Waals surface area contributed by atoms with E-state index in [9.17, 15) is 14.4 Å². The SMILES string of the molecule is CC(=O)c1ccc(NC(=O)C(C)Sc2cccc(NC(=O)c3cccc(Cl)c3)c2)cc1. The highest BCUT2D eigenvalue weighted by Crippen LogP contribution is 2.27. The molecule has 0 heterocycles. The van der Waals surface area contributed by atoms with Crippen molar-refractivity contribution in [2.24, 2.45) is 0 Å². The van der Waals surface area contributed by atoms with E-state index in [4.69, 9.17) is 11.6 Å². The van der Waals surface area contributed by atoms with Gasteiger partial charge >= 0.3 is 0 Å². The van der Waals surface area contributed by atoms with Gasteiger partial charge in [0.05, 0.1) is 5.25 Å². The van der Waals surface area contributed by atoms with Gasteiger partial charge in [0.2, 0.25) is 5.91 Å². The third kappa shape index (κ3) is 6.44. The zero-order chi connectivity index (χ0) is 22.4. The van der Waals surface area contributed by atoms with Crippen LogP contribution in [0.5, 0.6) is 0 Å². The predicted octanol–water partition coefficient (Wildman–Crippen LogP) is 5.91. The summed E-state index contributed by atoms with van der Waals surface area (Å²) >= 11 is 7.33. The molecule has 0 radical (unpaired) electrons. The number of benzene rings is 3. The monoisotopic (exact) mass is 452 g/mol. The molecule has 0 saturated heterocycles. The number of carbonyl (C=O) groups is 3. The molecule has 158 valence electrons. The zero-order valence-corrected chi connectivity index (χ0v) is 18.6. The quantitative estimate of drug-likeness (QED) is 0.345. The Bertz CT molecular complexity index is 1120. The van der Waals surface area contributed by atoms with Crippen LogP contribution in [-0.2, 0) is 4.79 Å². The molecule has 0 aliphatic rings. The number of ketones is 1. The fourth-order valence-electron chi connectivity index (χ4n) is 2.77. The van der Waals surface area contributed by atoms with Crippen molar-refractivity contribution >= 4 is 52.3 Å². The van der Waals surface area contributed by atoms with Crippen molar-refractivity contribution in [3.8, 4) is 0 Å². The van der Waals surface area contributed by atoms with Crippen molar-refractivity contribution < 1.29 is 14.4 Å². The molecule has 0 saturated carbocycles. The third-order valence-corrected chi connectivity index (χ3v) is 5.75. The molecule has 2 amide bonds. The lowest BCUT2D eigenvalue weighted by Gasteiger charge is -2.13. The molecule has 1 unspecified atom stereocenters. The Kier molecular flexibility index (Phi) is 7.50. The average molecular weight is 453 g/mol. The van der Waals surface area contributed by atoms with Crippen molar-refractivity contribution in [1.29, 1.82) is 0 Å². The second-order valence-corrected chi connectivity index (χ2v) is 8.73. The molecule has 0 aromatic heterocycles. The summed E-state index contributed by atoms with van der Waals surface area (Å²) in [5.74, 6) is -0.442. The van der Waals surface area contributed by atoms with Crippen molar-refractivity contribution in [2.75, 3.05) is 10.6 Å². The Morgan fingerprint density at radius 1 is 0.839 bits per heavy atom. The molecule has 0 aliphatic carbocycles. The van der Waals surface area contributed by atoms with Gasteiger partial charge in [-0.1, -0.05) is 23.7 Å². The highest BCUT2D eigenvalue weighted by atomic mass is 35.5. The summed E-state index contributed by atoms with van der Waals surface area (Å²) in [5, 5.41) is 5.82. The molecule has 7 heteroatoms. The van der Waals surface area contributed by atoms with Crippen LogP contribution in [0.3, 0.4) is 0 Å². The topological polar surface area (TPSA) is 75.3 Å². The first-order chi connectivity index (χ1) is 14.8. The van der Waals surface area contributed by atoms with Gasteiger partial charge in [0.25, 0.3) is 5.91 Å². The summed E-state index contributed by atoms with van der Waals surface area (Å²) in [4.78, 5) is 37.2. The Labute approximate surface area is 190 Å². The van der Waals surface area contributed by atoms with E-state index in [1.807, 2.05) is 18.2 Å². The summed E-state index contributed by atoms with van der Waals surface area (Å²) in [6.45, 7) is 3.30. The van der Waals surface area contributed by atoms with Gasteiger partial charge in [-0.15, -0.1) is 11.8 Å². The van der Waals surface area contributed by atoms with Crippen LogP contribution >= 0.6 is 23.4 Å². The number of Topliss-reactive ketones (excluding diaryl/α,β-unsaturated/α-hetero) is 1. The van der Waals surface area contributed by atoms with Crippen molar-refractivity contribution in [1.82, 2.24) is 0 Å². The number of hydrogen-bond donors (Lipinski definition) is 2. The van der Waals surface area contributed by atoms with E-state index < -0.39 is 0 Å². The minimum absolute atomic E-state index is 0.0239. The van der Waals surface area contributed by atoms with E-state index in [2.05, 4.69) is 10.6 Å². The van der Waals surface area contributed by atoms with Gasteiger partial charge in [0, 0.05) is 32.4 Å². The molecular weight excluding hydrogens is 432 g/mol. The van der Waals surface area contributed by atoms with Crippen LogP contribution in [0.4, 0.5) is 11.4 Å². The molecule has 0 spiro atoms. The van der Waals surface area contributed by atoms with E-state index in [-0.39, 0.29) is 22.8 Å². The zero-order valence-electron chi connectivity index (χ0n) is 17.0. The largest absolute Gasteiger partial charge is 0.325 e. The number of anilines is 2. The van der Waals surface area contributed by atoms with Gasteiger partial charge in [0.15, 0.2) is 5.78 Å². The van der Waals surface area contributed by atoms with Gasteiger partial charge in [-0.05, 0) is 74.5 Å². The molecule has 0 aliphatic heterocycles. The first-order valence-electron chi connectivity index (χ1n) is 9.57. The van der Waals surface area contributed by atoms with E-state index >= 15 is 0 Å². The van der Waals surface area contributed by atoms with Crippen LogP contribution in [0, 0.1) is 0 Å². The van der Waals surface area contributed by atoms with Gasteiger partial charge in [0.1, 0.15) is 0 Å². The van der Waals surface area contributed by atoms with Crippen LogP contribution in [0.2, 0.25) is 5.02 Å². The summed E-state index contributed by atoms with van der Waals surface area (Å²) in [5.41, 5.74) is 2.32. The number of thioether (sulfide) groups is 1. The summed E-state index contributed by atoms with van der Waals surface area (Å²) in [6.07, 6.45) is 0. The van der Waals surface area contributed by atoms with E-state index in [0.717, 1.165) is 4.90 Å². The molecule has 3 rings (SSSR count). The number of amides is 2. The Hall–Kier alpha value is -3.09. The lowest BCUT2D eigenvalue weighted by atomic mass is 10.1. The van der Waals surface area contributed by atoms with Crippen molar-refractivity contribution in [2.45, 2.75) is 24.0 Å². The molecular formula is C24H21ClN2O3S. The molecule has 5 nitrogen and oxygen atoms in total. The standard InChI is InChI=1S/C24H21ClN2O3S/c1-15(28)17-9-11-20(12-10-17)26-23(29)16(2)31-22-8-4-7-21(14-22)27-24(30)18-5-3-6-19(25)13-18/h3-14,16H,1-2H3,(H,26,29)(H,27,30). The number of halogens is 1. The number of nitrogens with one attached hydrogen (secondary N) is 2. The second-order valence-electron chi connectivity index (χ2n) is 6.88. The number of hydrogen-bond acceptors (Lipinski definition) is 4. The molecule has 2 N–H and O–H groups in total. The van der Waals surface area contributed by atoms with Crippen LogP contribution in [0.15, 0.2) is 77.7 Å². The van der Waals surface area contributed by atoms with Crippen LogP contribution in [0.1, 0.15) is 34.6 Å². The Morgan fingerprint density at radius 3 is 2.23 bits per heavy atom. The smallest absolute Gasteiger partial charge is 0.255 e. The average Bonchev–Trinajstić information content (AvgIpc) is 2.74. The lowest BCUT2D eigenvalue weighted by molar-refractivity contribution is -0.115. The van der Waals surface area contributed by atoms with Crippen LogP contribution < -0.4 is 10.6 Å². The van der Waals surface area contributed by atoms with Crippen molar-refractivity contribution in [3.63, 3.8) is 0 Å². The van der Waals surface area contributed by atoms with E-state index in [0.29, 0.717) is 27.5 Å². The maximum absolute atomic E-state index is 12.5. The lowest BCUT2D eigenvalue weighted by Crippen LogP contribution is -2.22. The predicted molar refractivity (Wildman–Crippen MR) is 126 cm³/mol. The fraction of sp³-hybridized carbons (Fsp3) is 0.125.